The average Bonchev–Trinajstić information content (AvgIpc) is 2.41. The second kappa shape index (κ2) is 5.95. The number of aryl methyl sites for hydroxylation is 3. The van der Waals surface area contributed by atoms with Gasteiger partial charge in [-0.1, -0.05) is 23.8 Å². The van der Waals surface area contributed by atoms with Crippen LogP contribution in [-0.4, -0.2) is 4.98 Å². The minimum absolute atomic E-state index is 0.0919. The third kappa shape index (κ3) is 3.19. The molecule has 2 rings (SSSR count). The second-order valence-electron chi connectivity index (χ2n) is 5.09. The molecule has 2 aromatic rings. The van der Waals surface area contributed by atoms with E-state index in [1.165, 1.54) is 22.3 Å². The first-order valence-corrected chi connectivity index (χ1v) is 6.54. The summed E-state index contributed by atoms with van der Waals surface area (Å²) in [6, 6.07) is 8.64. The van der Waals surface area contributed by atoms with Gasteiger partial charge in [-0.05, 0) is 55.5 Å². The van der Waals surface area contributed by atoms with Crippen LogP contribution in [-0.2, 0) is 6.42 Å². The Kier molecular flexibility index (Phi) is 4.30. The van der Waals surface area contributed by atoms with E-state index in [0.717, 1.165) is 12.0 Å². The lowest BCUT2D eigenvalue weighted by molar-refractivity contribution is 0.546. The molecular formula is C16H21N3. The molecule has 0 aliphatic heterocycles. The monoisotopic (exact) mass is 255 g/mol. The van der Waals surface area contributed by atoms with Crippen molar-refractivity contribution in [3.8, 4) is 0 Å². The quantitative estimate of drug-likeness (QED) is 0.652. The van der Waals surface area contributed by atoms with Gasteiger partial charge in [0.25, 0.3) is 0 Å². The lowest BCUT2D eigenvalue weighted by Crippen LogP contribution is -2.30. The fourth-order valence-corrected chi connectivity index (χ4v) is 2.34. The second-order valence-corrected chi connectivity index (χ2v) is 5.09. The van der Waals surface area contributed by atoms with Crippen LogP contribution in [0.25, 0.3) is 0 Å². The predicted octanol–water partition coefficient (Wildman–Crippen LogP) is 2.75. The Morgan fingerprint density at radius 2 is 1.95 bits per heavy atom. The molecule has 100 valence electrons. The van der Waals surface area contributed by atoms with Crippen molar-refractivity contribution in [2.45, 2.75) is 33.2 Å². The summed E-state index contributed by atoms with van der Waals surface area (Å²) < 4.78 is 0. The van der Waals surface area contributed by atoms with Crippen LogP contribution in [0.1, 0.15) is 33.9 Å². The topological polar surface area (TPSA) is 50.9 Å². The minimum Gasteiger partial charge on any atom is -0.271 e. The Balaban J connectivity index is 2.29. The van der Waals surface area contributed by atoms with Crippen LogP contribution < -0.4 is 11.3 Å². The summed E-state index contributed by atoms with van der Waals surface area (Å²) in [6.45, 7) is 6.34. The molecule has 3 nitrogen and oxygen atoms in total. The molecule has 0 aliphatic rings. The SMILES string of the molecule is Cc1ccc(C)c(CC(NN)c2cnccc2C)c1. The summed E-state index contributed by atoms with van der Waals surface area (Å²) in [7, 11) is 0. The molecule has 1 unspecified atom stereocenters. The van der Waals surface area contributed by atoms with Crippen LogP contribution in [0.5, 0.6) is 0 Å². The third-order valence-corrected chi connectivity index (χ3v) is 3.58. The lowest BCUT2D eigenvalue weighted by atomic mass is 9.94. The van der Waals surface area contributed by atoms with Gasteiger partial charge in [-0.25, -0.2) is 0 Å². The zero-order valence-corrected chi connectivity index (χ0v) is 11.8. The zero-order chi connectivity index (χ0) is 13.8. The molecule has 0 bridgehead atoms. The van der Waals surface area contributed by atoms with E-state index in [0.29, 0.717) is 0 Å². The summed E-state index contributed by atoms with van der Waals surface area (Å²) in [4.78, 5) is 4.20. The number of nitrogens with one attached hydrogen (secondary N) is 1. The van der Waals surface area contributed by atoms with Gasteiger partial charge in [0.1, 0.15) is 0 Å². The van der Waals surface area contributed by atoms with Gasteiger partial charge in [-0.3, -0.25) is 16.3 Å². The highest BCUT2D eigenvalue weighted by Gasteiger charge is 2.14. The molecule has 3 heteroatoms. The number of pyridine rings is 1. The molecule has 0 saturated heterocycles. The maximum absolute atomic E-state index is 5.73. The van der Waals surface area contributed by atoms with E-state index < -0.39 is 0 Å². The molecule has 0 amide bonds. The van der Waals surface area contributed by atoms with Crippen LogP contribution in [0.15, 0.2) is 36.7 Å². The maximum Gasteiger partial charge on any atom is 0.0518 e. The van der Waals surface area contributed by atoms with Gasteiger partial charge in [0, 0.05) is 12.4 Å². The number of hydrogen-bond donors (Lipinski definition) is 2. The van der Waals surface area contributed by atoms with E-state index >= 15 is 0 Å². The van der Waals surface area contributed by atoms with E-state index in [1.54, 1.807) is 0 Å². The van der Waals surface area contributed by atoms with Crippen molar-refractivity contribution in [1.82, 2.24) is 10.4 Å². The highest BCUT2D eigenvalue weighted by atomic mass is 15.2. The number of nitrogens with zero attached hydrogens (tertiary/aromatic N) is 1. The largest absolute Gasteiger partial charge is 0.271 e. The van der Waals surface area contributed by atoms with Crippen molar-refractivity contribution >= 4 is 0 Å². The first-order valence-electron chi connectivity index (χ1n) is 6.54. The fraction of sp³-hybridized carbons (Fsp3) is 0.312. The van der Waals surface area contributed by atoms with Crippen molar-refractivity contribution in [2.75, 3.05) is 0 Å². The fourth-order valence-electron chi connectivity index (χ4n) is 2.34. The van der Waals surface area contributed by atoms with E-state index in [1.807, 2.05) is 18.5 Å². The van der Waals surface area contributed by atoms with E-state index in [4.69, 9.17) is 5.84 Å². The van der Waals surface area contributed by atoms with Crippen molar-refractivity contribution < 1.29 is 0 Å². The molecule has 0 fully saturated rings. The van der Waals surface area contributed by atoms with Gasteiger partial charge in [0.2, 0.25) is 0 Å². The summed E-state index contributed by atoms with van der Waals surface area (Å²) in [5.41, 5.74) is 9.18. The van der Waals surface area contributed by atoms with Gasteiger partial charge in [0.05, 0.1) is 6.04 Å². The van der Waals surface area contributed by atoms with Crippen molar-refractivity contribution in [2.24, 2.45) is 5.84 Å². The molecule has 1 atom stereocenters. The van der Waals surface area contributed by atoms with E-state index in [2.05, 4.69) is 49.4 Å². The predicted molar refractivity (Wildman–Crippen MR) is 78.7 cm³/mol. The smallest absolute Gasteiger partial charge is 0.0518 e. The number of rotatable bonds is 4. The van der Waals surface area contributed by atoms with Crippen LogP contribution in [0.4, 0.5) is 0 Å². The van der Waals surface area contributed by atoms with Crippen LogP contribution in [0, 0.1) is 20.8 Å². The Morgan fingerprint density at radius 3 is 2.63 bits per heavy atom. The first-order chi connectivity index (χ1) is 9.11. The maximum atomic E-state index is 5.73. The van der Waals surface area contributed by atoms with Crippen LogP contribution >= 0.6 is 0 Å². The number of aromatic nitrogens is 1. The van der Waals surface area contributed by atoms with Gasteiger partial charge in [-0.2, -0.15) is 0 Å². The van der Waals surface area contributed by atoms with Gasteiger partial charge >= 0.3 is 0 Å². The average molecular weight is 255 g/mol. The van der Waals surface area contributed by atoms with Crippen molar-refractivity contribution in [3.63, 3.8) is 0 Å². The first kappa shape index (κ1) is 13.7. The Hall–Kier alpha value is -1.71. The standard InChI is InChI=1S/C16H21N3/c1-11-4-5-12(2)14(8-11)9-16(19-17)15-10-18-7-6-13(15)3/h4-8,10,16,19H,9,17H2,1-3H3. The molecule has 0 spiro atoms. The van der Waals surface area contributed by atoms with Crippen molar-refractivity contribution in [1.29, 1.82) is 0 Å². The summed E-state index contributed by atoms with van der Waals surface area (Å²) in [5.74, 6) is 5.73. The molecule has 3 N–H and O–H groups in total. The highest BCUT2D eigenvalue weighted by Crippen LogP contribution is 2.22. The van der Waals surface area contributed by atoms with Crippen molar-refractivity contribution in [3.05, 3.63) is 64.5 Å². The number of hydrogen-bond acceptors (Lipinski definition) is 3. The number of hydrazine groups is 1. The molecule has 1 heterocycles. The van der Waals surface area contributed by atoms with Gasteiger partial charge in [0.15, 0.2) is 0 Å². The summed E-state index contributed by atoms with van der Waals surface area (Å²) in [6.07, 6.45) is 4.58. The van der Waals surface area contributed by atoms with Crippen LogP contribution in [0.3, 0.4) is 0 Å². The van der Waals surface area contributed by atoms with Crippen LogP contribution in [0.2, 0.25) is 0 Å². The zero-order valence-electron chi connectivity index (χ0n) is 11.8. The van der Waals surface area contributed by atoms with E-state index in [9.17, 15) is 0 Å². The molecule has 0 saturated carbocycles. The molecule has 0 radical (unpaired) electrons. The summed E-state index contributed by atoms with van der Waals surface area (Å²) >= 11 is 0. The lowest BCUT2D eigenvalue weighted by Gasteiger charge is -2.19. The van der Waals surface area contributed by atoms with Gasteiger partial charge in [-0.15, -0.1) is 0 Å². The molecule has 0 aliphatic carbocycles. The third-order valence-electron chi connectivity index (χ3n) is 3.58. The summed E-state index contributed by atoms with van der Waals surface area (Å²) in [5, 5.41) is 0. The normalized spacial score (nSPS) is 12.4. The molecular weight excluding hydrogens is 234 g/mol. The molecule has 1 aromatic carbocycles. The molecule has 19 heavy (non-hydrogen) atoms. The van der Waals surface area contributed by atoms with E-state index in [-0.39, 0.29) is 6.04 Å². The number of benzene rings is 1. The van der Waals surface area contributed by atoms with Gasteiger partial charge < -0.3 is 0 Å². The Morgan fingerprint density at radius 1 is 1.16 bits per heavy atom. The number of nitrogens with two attached hydrogens (primary N) is 1. The Labute approximate surface area is 114 Å². The minimum atomic E-state index is 0.0919. The highest BCUT2D eigenvalue weighted by molar-refractivity contribution is 5.33. The Bertz CT molecular complexity index is 564. The molecule has 1 aromatic heterocycles.